The summed E-state index contributed by atoms with van der Waals surface area (Å²) in [6.07, 6.45) is 0.905. The zero-order valence-electron chi connectivity index (χ0n) is 10.2. The van der Waals surface area contributed by atoms with Gasteiger partial charge in [0.2, 0.25) is 5.91 Å². The van der Waals surface area contributed by atoms with Crippen molar-refractivity contribution in [1.29, 1.82) is 0 Å². The van der Waals surface area contributed by atoms with Gasteiger partial charge >= 0.3 is 0 Å². The molecule has 3 N–H and O–H groups in total. The molecule has 2 atom stereocenters. The van der Waals surface area contributed by atoms with Crippen LogP contribution in [0.3, 0.4) is 0 Å². The number of nitrogens with two attached hydrogens (primary N) is 1. The molecule has 0 radical (unpaired) electrons. The third-order valence-corrected chi connectivity index (χ3v) is 2.96. The molecule has 1 aromatic rings. The van der Waals surface area contributed by atoms with Crippen molar-refractivity contribution in [2.75, 3.05) is 5.32 Å². The Balaban J connectivity index is 2.68. The van der Waals surface area contributed by atoms with E-state index in [9.17, 15) is 4.79 Å². The molecule has 0 spiro atoms. The number of aryl methyl sites for hydroxylation is 1. The minimum Gasteiger partial charge on any atom is -0.324 e. The third kappa shape index (κ3) is 3.07. The van der Waals surface area contributed by atoms with Crippen LogP contribution in [0.5, 0.6) is 0 Å². The number of carbonyl (C=O) groups excluding carboxylic acids is 1. The van der Waals surface area contributed by atoms with Gasteiger partial charge in [0.1, 0.15) is 0 Å². The van der Waals surface area contributed by atoms with E-state index in [2.05, 4.69) is 5.32 Å². The summed E-state index contributed by atoms with van der Waals surface area (Å²) in [7, 11) is 0. The molecule has 0 aliphatic carbocycles. The molecule has 3 nitrogen and oxygen atoms in total. The fourth-order valence-corrected chi connectivity index (χ4v) is 1.44. The van der Waals surface area contributed by atoms with Crippen LogP contribution in [0.25, 0.3) is 0 Å². The van der Waals surface area contributed by atoms with Crippen LogP contribution < -0.4 is 11.1 Å². The maximum atomic E-state index is 11.8. The van der Waals surface area contributed by atoms with E-state index in [4.69, 9.17) is 5.73 Å². The lowest BCUT2D eigenvalue weighted by Gasteiger charge is -2.18. The first-order valence-corrected chi connectivity index (χ1v) is 5.68. The molecule has 0 saturated heterocycles. The highest BCUT2D eigenvalue weighted by Crippen LogP contribution is 2.14. The summed E-state index contributed by atoms with van der Waals surface area (Å²) in [6.45, 7) is 5.98. The smallest absolute Gasteiger partial charge is 0.241 e. The quantitative estimate of drug-likeness (QED) is 0.818. The van der Waals surface area contributed by atoms with Crippen LogP contribution in [0.15, 0.2) is 24.3 Å². The lowest BCUT2D eigenvalue weighted by Crippen LogP contribution is -2.40. The highest BCUT2D eigenvalue weighted by Gasteiger charge is 2.19. The molecule has 0 bridgehead atoms. The Morgan fingerprint density at radius 1 is 1.44 bits per heavy atom. The number of hydrogen-bond donors (Lipinski definition) is 2. The molecular formula is C13H20N2O. The molecule has 1 amide bonds. The van der Waals surface area contributed by atoms with E-state index in [0.717, 1.165) is 17.7 Å². The van der Waals surface area contributed by atoms with Crippen molar-refractivity contribution >= 4 is 11.6 Å². The van der Waals surface area contributed by atoms with E-state index >= 15 is 0 Å². The van der Waals surface area contributed by atoms with Crippen molar-refractivity contribution < 1.29 is 4.79 Å². The molecule has 0 fully saturated rings. The minimum atomic E-state index is -0.440. The fraction of sp³-hybridized carbons (Fsp3) is 0.462. The normalized spacial score (nSPS) is 14.2. The molecular weight excluding hydrogens is 200 g/mol. The van der Waals surface area contributed by atoms with Crippen molar-refractivity contribution in [3.63, 3.8) is 0 Å². The Kier molecular flexibility index (Phi) is 4.50. The van der Waals surface area contributed by atoms with E-state index in [1.54, 1.807) is 0 Å². The maximum absolute atomic E-state index is 11.8. The molecule has 88 valence electrons. The molecule has 16 heavy (non-hydrogen) atoms. The van der Waals surface area contributed by atoms with Gasteiger partial charge in [-0.3, -0.25) is 4.79 Å². The lowest BCUT2D eigenvalue weighted by molar-refractivity contribution is -0.118. The SMILES string of the molecule is CCC(C)C(N)C(=O)Nc1ccccc1C. The monoisotopic (exact) mass is 220 g/mol. The fourth-order valence-electron chi connectivity index (χ4n) is 1.44. The van der Waals surface area contributed by atoms with Crippen LogP contribution in [-0.2, 0) is 4.79 Å². The van der Waals surface area contributed by atoms with Crippen LogP contribution in [0.4, 0.5) is 5.69 Å². The van der Waals surface area contributed by atoms with Crippen LogP contribution in [0.2, 0.25) is 0 Å². The van der Waals surface area contributed by atoms with Gasteiger partial charge in [-0.25, -0.2) is 0 Å². The van der Waals surface area contributed by atoms with Crippen molar-refractivity contribution in [3.05, 3.63) is 29.8 Å². The van der Waals surface area contributed by atoms with Crippen molar-refractivity contribution in [3.8, 4) is 0 Å². The van der Waals surface area contributed by atoms with Crippen LogP contribution in [0, 0.1) is 12.8 Å². The third-order valence-electron chi connectivity index (χ3n) is 2.96. The Labute approximate surface area is 97.0 Å². The topological polar surface area (TPSA) is 55.1 Å². The standard InChI is InChI=1S/C13H20N2O/c1-4-9(2)12(14)13(16)15-11-8-6-5-7-10(11)3/h5-9,12H,4,14H2,1-3H3,(H,15,16). The molecule has 0 heterocycles. The predicted molar refractivity (Wildman–Crippen MR) is 67.2 cm³/mol. The van der Waals surface area contributed by atoms with Gasteiger partial charge in [-0.2, -0.15) is 0 Å². The van der Waals surface area contributed by atoms with Crippen LogP contribution >= 0.6 is 0 Å². The summed E-state index contributed by atoms with van der Waals surface area (Å²) < 4.78 is 0. The minimum absolute atomic E-state index is 0.108. The van der Waals surface area contributed by atoms with Gasteiger partial charge in [-0.05, 0) is 24.5 Å². The Morgan fingerprint density at radius 2 is 2.06 bits per heavy atom. The second-order valence-electron chi connectivity index (χ2n) is 4.22. The average Bonchev–Trinajstić information content (AvgIpc) is 2.30. The van der Waals surface area contributed by atoms with E-state index < -0.39 is 6.04 Å². The molecule has 1 aromatic carbocycles. The highest BCUT2D eigenvalue weighted by atomic mass is 16.2. The zero-order chi connectivity index (χ0) is 12.1. The Hall–Kier alpha value is -1.35. The van der Waals surface area contributed by atoms with Crippen molar-refractivity contribution in [2.45, 2.75) is 33.2 Å². The van der Waals surface area contributed by atoms with E-state index in [1.807, 2.05) is 45.0 Å². The summed E-state index contributed by atoms with van der Waals surface area (Å²) in [5.74, 6) is 0.0904. The first kappa shape index (κ1) is 12.7. The number of rotatable bonds is 4. The van der Waals surface area contributed by atoms with Gasteiger partial charge in [0.15, 0.2) is 0 Å². The van der Waals surface area contributed by atoms with Crippen LogP contribution in [0.1, 0.15) is 25.8 Å². The number of para-hydroxylation sites is 1. The van der Waals surface area contributed by atoms with Gasteiger partial charge < -0.3 is 11.1 Å². The zero-order valence-corrected chi connectivity index (χ0v) is 10.2. The molecule has 0 aliphatic heterocycles. The number of hydrogen-bond acceptors (Lipinski definition) is 2. The van der Waals surface area contributed by atoms with Gasteiger partial charge in [-0.15, -0.1) is 0 Å². The van der Waals surface area contributed by atoms with Crippen LogP contribution in [-0.4, -0.2) is 11.9 Å². The second-order valence-corrected chi connectivity index (χ2v) is 4.22. The summed E-state index contributed by atoms with van der Waals surface area (Å²) in [6, 6.07) is 7.25. The summed E-state index contributed by atoms with van der Waals surface area (Å²) in [5.41, 5.74) is 7.74. The first-order chi connectivity index (χ1) is 7.56. The Bertz CT molecular complexity index is 363. The van der Waals surface area contributed by atoms with Crippen molar-refractivity contribution in [1.82, 2.24) is 0 Å². The molecule has 0 aromatic heterocycles. The Morgan fingerprint density at radius 3 is 2.62 bits per heavy atom. The molecule has 0 saturated carbocycles. The molecule has 2 unspecified atom stereocenters. The molecule has 0 aliphatic rings. The number of carbonyl (C=O) groups is 1. The summed E-state index contributed by atoms with van der Waals surface area (Å²) >= 11 is 0. The largest absolute Gasteiger partial charge is 0.324 e. The van der Waals surface area contributed by atoms with Gasteiger partial charge in [0.05, 0.1) is 6.04 Å². The summed E-state index contributed by atoms with van der Waals surface area (Å²) in [5, 5.41) is 2.86. The first-order valence-electron chi connectivity index (χ1n) is 5.68. The number of nitrogens with one attached hydrogen (secondary N) is 1. The van der Waals surface area contributed by atoms with Gasteiger partial charge in [0, 0.05) is 5.69 Å². The second kappa shape index (κ2) is 5.66. The average molecular weight is 220 g/mol. The van der Waals surface area contributed by atoms with E-state index in [0.29, 0.717) is 0 Å². The number of amides is 1. The lowest BCUT2D eigenvalue weighted by atomic mass is 9.99. The van der Waals surface area contributed by atoms with Gasteiger partial charge in [0.25, 0.3) is 0 Å². The number of anilines is 1. The van der Waals surface area contributed by atoms with E-state index in [1.165, 1.54) is 0 Å². The number of benzene rings is 1. The van der Waals surface area contributed by atoms with E-state index in [-0.39, 0.29) is 11.8 Å². The highest BCUT2D eigenvalue weighted by molar-refractivity contribution is 5.95. The van der Waals surface area contributed by atoms with Gasteiger partial charge in [-0.1, -0.05) is 38.5 Å². The van der Waals surface area contributed by atoms with Crippen molar-refractivity contribution in [2.24, 2.45) is 11.7 Å². The molecule has 1 rings (SSSR count). The maximum Gasteiger partial charge on any atom is 0.241 e. The summed E-state index contributed by atoms with van der Waals surface area (Å²) in [4.78, 5) is 11.8. The predicted octanol–water partition coefficient (Wildman–Crippen LogP) is 2.31. The molecule has 3 heteroatoms.